The normalized spacial score (nSPS) is 9.53. The first-order valence-corrected chi connectivity index (χ1v) is 4.56. The number of hydrogen-bond donors (Lipinski definition) is 2. The molecule has 90 valence electrons. The summed E-state index contributed by atoms with van der Waals surface area (Å²) in [6.45, 7) is -0.615. The van der Waals surface area contributed by atoms with Gasteiger partial charge in [-0.15, -0.1) is 0 Å². The van der Waals surface area contributed by atoms with E-state index in [1.54, 1.807) is 6.07 Å². The van der Waals surface area contributed by atoms with Crippen LogP contribution < -0.4 is 10.6 Å². The second-order valence-electron chi connectivity index (χ2n) is 3.03. The molecule has 0 heterocycles. The molecule has 0 spiro atoms. The molecular formula is C10H8F3N3O. The van der Waals surface area contributed by atoms with Gasteiger partial charge < -0.3 is 10.6 Å². The Hall–Kier alpha value is -2.23. The topological polar surface area (TPSA) is 64.9 Å². The Bertz CT molecular complexity index is 447. The van der Waals surface area contributed by atoms with Crippen molar-refractivity contribution in [2.75, 3.05) is 18.4 Å². The lowest BCUT2D eigenvalue weighted by atomic mass is 10.2. The molecule has 0 saturated heterocycles. The van der Waals surface area contributed by atoms with Gasteiger partial charge in [-0.3, -0.25) is 4.79 Å². The SMILES string of the molecule is N#CCNC(=O)CNc1c(F)cc(F)cc1F. The van der Waals surface area contributed by atoms with Crippen molar-refractivity contribution in [1.29, 1.82) is 5.26 Å². The Morgan fingerprint density at radius 3 is 2.41 bits per heavy atom. The fourth-order valence-electron chi connectivity index (χ4n) is 1.08. The highest BCUT2D eigenvalue weighted by atomic mass is 19.1. The summed E-state index contributed by atoms with van der Waals surface area (Å²) in [6, 6.07) is 2.67. The molecule has 0 saturated carbocycles. The van der Waals surface area contributed by atoms with Crippen molar-refractivity contribution in [2.24, 2.45) is 0 Å². The molecule has 0 bridgehead atoms. The van der Waals surface area contributed by atoms with E-state index in [1.807, 2.05) is 0 Å². The summed E-state index contributed by atoms with van der Waals surface area (Å²) in [5, 5.41) is 12.5. The lowest BCUT2D eigenvalue weighted by Gasteiger charge is -2.08. The molecule has 17 heavy (non-hydrogen) atoms. The lowest BCUT2D eigenvalue weighted by Crippen LogP contribution is -2.30. The minimum Gasteiger partial charge on any atom is -0.371 e. The Morgan fingerprint density at radius 1 is 1.29 bits per heavy atom. The van der Waals surface area contributed by atoms with Gasteiger partial charge in [-0.25, -0.2) is 13.2 Å². The maximum atomic E-state index is 13.1. The van der Waals surface area contributed by atoms with Crippen LogP contribution in [0.15, 0.2) is 12.1 Å². The van der Waals surface area contributed by atoms with Crippen LogP contribution in [0.1, 0.15) is 0 Å². The van der Waals surface area contributed by atoms with Crippen LogP contribution in [0.3, 0.4) is 0 Å². The predicted octanol–water partition coefficient (Wildman–Crippen LogP) is 1.16. The summed E-state index contributed by atoms with van der Waals surface area (Å²) in [7, 11) is 0. The highest BCUT2D eigenvalue weighted by Gasteiger charge is 2.12. The van der Waals surface area contributed by atoms with E-state index in [9.17, 15) is 18.0 Å². The summed E-state index contributed by atoms with van der Waals surface area (Å²) in [4.78, 5) is 11.0. The van der Waals surface area contributed by atoms with E-state index in [-0.39, 0.29) is 6.54 Å². The van der Waals surface area contributed by atoms with Crippen LogP contribution in [0.2, 0.25) is 0 Å². The minimum absolute atomic E-state index is 0.200. The van der Waals surface area contributed by atoms with Crippen molar-refractivity contribution in [2.45, 2.75) is 0 Å². The summed E-state index contributed by atoms with van der Waals surface area (Å²) in [5.41, 5.74) is -0.585. The smallest absolute Gasteiger partial charge is 0.240 e. The number of nitriles is 1. The molecule has 0 aliphatic rings. The largest absolute Gasteiger partial charge is 0.371 e. The van der Waals surface area contributed by atoms with Crippen LogP contribution in [-0.4, -0.2) is 19.0 Å². The quantitative estimate of drug-likeness (QED) is 0.780. The highest BCUT2D eigenvalue weighted by Crippen LogP contribution is 2.19. The van der Waals surface area contributed by atoms with E-state index in [0.717, 1.165) is 0 Å². The molecule has 0 atom stereocenters. The molecule has 0 radical (unpaired) electrons. The number of nitrogens with one attached hydrogen (secondary N) is 2. The third-order valence-corrected chi connectivity index (χ3v) is 1.80. The van der Waals surface area contributed by atoms with Gasteiger partial charge in [-0.05, 0) is 0 Å². The van der Waals surface area contributed by atoms with Gasteiger partial charge in [0.15, 0.2) is 11.6 Å². The van der Waals surface area contributed by atoms with Crippen molar-refractivity contribution in [3.05, 3.63) is 29.6 Å². The van der Waals surface area contributed by atoms with Crippen LogP contribution in [0.25, 0.3) is 0 Å². The van der Waals surface area contributed by atoms with Crippen molar-refractivity contribution in [3.8, 4) is 6.07 Å². The molecule has 1 rings (SSSR count). The maximum absolute atomic E-state index is 13.1. The zero-order chi connectivity index (χ0) is 12.8. The van der Waals surface area contributed by atoms with Gasteiger partial charge in [-0.2, -0.15) is 5.26 Å². The minimum atomic E-state index is -1.13. The second kappa shape index (κ2) is 5.75. The fourth-order valence-corrected chi connectivity index (χ4v) is 1.08. The molecule has 1 aromatic rings. The Morgan fingerprint density at radius 2 is 1.88 bits per heavy atom. The van der Waals surface area contributed by atoms with E-state index in [4.69, 9.17) is 5.26 Å². The second-order valence-corrected chi connectivity index (χ2v) is 3.03. The van der Waals surface area contributed by atoms with Gasteiger partial charge in [0.1, 0.15) is 18.0 Å². The molecule has 4 nitrogen and oxygen atoms in total. The molecule has 1 aromatic carbocycles. The van der Waals surface area contributed by atoms with Gasteiger partial charge in [0.2, 0.25) is 5.91 Å². The first-order chi connectivity index (χ1) is 8.04. The van der Waals surface area contributed by atoms with Crippen LogP contribution in [0.4, 0.5) is 18.9 Å². The Labute approximate surface area is 95.0 Å². The van der Waals surface area contributed by atoms with Crippen LogP contribution in [-0.2, 0) is 4.79 Å². The predicted molar refractivity (Wildman–Crippen MR) is 53.4 cm³/mol. The van der Waals surface area contributed by atoms with E-state index in [2.05, 4.69) is 10.6 Å². The van der Waals surface area contributed by atoms with Gasteiger partial charge in [0, 0.05) is 12.1 Å². The van der Waals surface area contributed by atoms with Crippen molar-refractivity contribution in [1.82, 2.24) is 5.32 Å². The van der Waals surface area contributed by atoms with Gasteiger partial charge in [-0.1, -0.05) is 0 Å². The highest BCUT2D eigenvalue weighted by molar-refractivity contribution is 5.80. The molecule has 0 fully saturated rings. The average molecular weight is 243 g/mol. The van der Waals surface area contributed by atoms with Crippen LogP contribution in [0.5, 0.6) is 0 Å². The first-order valence-electron chi connectivity index (χ1n) is 4.56. The number of anilines is 1. The molecule has 0 unspecified atom stereocenters. The number of rotatable bonds is 4. The van der Waals surface area contributed by atoms with Crippen molar-refractivity contribution < 1.29 is 18.0 Å². The number of carbonyl (C=O) groups is 1. The number of benzene rings is 1. The average Bonchev–Trinajstić information content (AvgIpc) is 2.24. The summed E-state index contributed by atoms with van der Waals surface area (Å²) < 4.78 is 38.7. The molecule has 0 aromatic heterocycles. The monoisotopic (exact) mass is 243 g/mol. The van der Waals surface area contributed by atoms with Crippen molar-refractivity contribution >= 4 is 11.6 Å². The van der Waals surface area contributed by atoms with Gasteiger partial charge in [0.05, 0.1) is 12.6 Å². The fraction of sp³-hybridized carbons (Fsp3) is 0.200. The number of nitrogens with zero attached hydrogens (tertiary/aromatic N) is 1. The molecule has 2 N–H and O–H groups in total. The molecule has 0 aliphatic carbocycles. The molecule has 7 heteroatoms. The summed E-state index contributed by atoms with van der Waals surface area (Å²) in [5.74, 6) is -3.90. The van der Waals surface area contributed by atoms with Gasteiger partial charge >= 0.3 is 0 Å². The third kappa shape index (κ3) is 3.68. The lowest BCUT2D eigenvalue weighted by molar-refractivity contribution is -0.119. The zero-order valence-electron chi connectivity index (χ0n) is 8.56. The van der Waals surface area contributed by atoms with E-state index >= 15 is 0 Å². The van der Waals surface area contributed by atoms with E-state index < -0.39 is 35.6 Å². The van der Waals surface area contributed by atoms with Crippen LogP contribution in [0, 0.1) is 28.8 Å². The van der Waals surface area contributed by atoms with Crippen molar-refractivity contribution in [3.63, 3.8) is 0 Å². The number of carbonyl (C=O) groups excluding carboxylic acids is 1. The third-order valence-electron chi connectivity index (χ3n) is 1.80. The number of halogens is 3. The maximum Gasteiger partial charge on any atom is 0.240 e. The molecule has 0 aliphatic heterocycles. The van der Waals surface area contributed by atoms with E-state index in [1.165, 1.54) is 0 Å². The van der Waals surface area contributed by atoms with Crippen LogP contribution >= 0.6 is 0 Å². The molecule has 1 amide bonds. The zero-order valence-corrected chi connectivity index (χ0v) is 8.56. The summed E-state index contributed by atoms with van der Waals surface area (Å²) in [6.07, 6.45) is 0. The standard InChI is InChI=1S/C10H8F3N3O/c11-6-3-7(12)10(8(13)4-6)16-5-9(17)15-2-1-14/h3-4,16H,2,5H2,(H,15,17). The first kappa shape index (κ1) is 12.8. The summed E-state index contributed by atoms with van der Waals surface area (Å²) >= 11 is 0. The number of amides is 1. The number of hydrogen-bond acceptors (Lipinski definition) is 3. The van der Waals surface area contributed by atoms with E-state index in [0.29, 0.717) is 12.1 Å². The Balaban J connectivity index is 2.64. The Kier molecular flexibility index (Phi) is 4.34. The van der Waals surface area contributed by atoms with Gasteiger partial charge in [0.25, 0.3) is 0 Å². The molecular weight excluding hydrogens is 235 g/mol.